The number of carbonyl (C=O) groups is 1. The Labute approximate surface area is 234 Å². The lowest BCUT2D eigenvalue weighted by atomic mass is 9.99. The van der Waals surface area contributed by atoms with E-state index in [1.54, 1.807) is 34.8 Å². The fourth-order valence-electron chi connectivity index (χ4n) is 5.40. The lowest BCUT2D eigenvalue weighted by Crippen LogP contribution is -2.48. The van der Waals surface area contributed by atoms with Gasteiger partial charge in [-0.2, -0.15) is 0 Å². The summed E-state index contributed by atoms with van der Waals surface area (Å²) in [6.45, 7) is 2.73. The molecule has 5 rings (SSSR count). The van der Waals surface area contributed by atoms with Gasteiger partial charge in [-0.1, -0.05) is 6.07 Å². The quantitative estimate of drug-likeness (QED) is 0.302. The van der Waals surface area contributed by atoms with Crippen molar-refractivity contribution in [2.24, 2.45) is 0 Å². The summed E-state index contributed by atoms with van der Waals surface area (Å²) in [5, 5.41) is 0. The molecule has 4 aromatic rings. The molecule has 1 fully saturated rings. The molecular formula is C31H36N4O5. The molecule has 1 aromatic heterocycles. The highest BCUT2D eigenvalue weighted by Crippen LogP contribution is 2.35. The number of carbonyl (C=O) groups excluding carboxylic acids is 1. The van der Waals surface area contributed by atoms with Crippen LogP contribution in [0, 0.1) is 0 Å². The number of fused-ring (bicyclic) bond motifs is 1. The fourth-order valence-corrected chi connectivity index (χ4v) is 5.40. The van der Waals surface area contributed by atoms with E-state index in [0.29, 0.717) is 17.1 Å². The average Bonchev–Trinajstić information content (AvgIpc) is 3.48. The first kappa shape index (κ1) is 27.3. The van der Waals surface area contributed by atoms with Gasteiger partial charge >= 0.3 is 0 Å². The van der Waals surface area contributed by atoms with E-state index in [0.717, 1.165) is 67.1 Å². The van der Waals surface area contributed by atoms with Gasteiger partial charge in [0.05, 0.1) is 45.8 Å². The van der Waals surface area contributed by atoms with E-state index in [9.17, 15) is 4.79 Å². The molecule has 0 spiro atoms. The maximum Gasteiger partial charge on any atom is 0.258 e. The Bertz CT molecular complexity index is 1460. The highest BCUT2D eigenvalue weighted by Gasteiger charge is 2.31. The van der Waals surface area contributed by atoms with Crippen LogP contribution in [0.25, 0.3) is 11.0 Å². The van der Waals surface area contributed by atoms with Gasteiger partial charge in [0.15, 0.2) is 23.0 Å². The number of hydrogen-bond acceptors (Lipinski definition) is 7. The standard InChI is InChI=1S/C31H36N4O5/c1-37-27-9-5-21(17-29(27)39-3)11-14-34-15-12-23(13-16-34)35(24-7-10-28(38-2)30(19-24)40-4)31(36)22-6-8-25-26(18-22)33-20-32-25/h5-10,17-20,23H,11-16H2,1-4H3,(H,32,33). The minimum Gasteiger partial charge on any atom is -0.493 e. The third-order valence-corrected chi connectivity index (χ3v) is 7.62. The second-order valence-corrected chi connectivity index (χ2v) is 9.86. The molecule has 0 radical (unpaired) electrons. The van der Waals surface area contributed by atoms with Crippen molar-refractivity contribution in [3.8, 4) is 23.0 Å². The number of piperidine rings is 1. The molecule has 9 heteroatoms. The minimum absolute atomic E-state index is 0.0396. The monoisotopic (exact) mass is 544 g/mol. The van der Waals surface area contributed by atoms with E-state index < -0.39 is 0 Å². The Morgan fingerprint density at radius 3 is 2.25 bits per heavy atom. The Balaban J connectivity index is 1.33. The van der Waals surface area contributed by atoms with E-state index >= 15 is 0 Å². The zero-order valence-electron chi connectivity index (χ0n) is 23.5. The van der Waals surface area contributed by atoms with Crippen molar-refractivity contribution in [3.05, 3.63) is 72.1 Å². The van der Waals surface area contributed by atoms with Gasteiger partial charge in [-0.15, -0.1) is 0 Å². The highest BCUT2D eigenvalue weighted by molar-refractivity contribution is 6.08. The van der Waals surface area contributed by atoms with Crippen LogP contribution >= 0.6 is 0 Å². The van der Waals surface area contributed by atoms with E-state index in [2.05, 4.69) is 20.9 Å². The topological polar surface area (TPSA) is 89.2 Å². The molecule has 1 amide bonds. The van der Waals surface area contributed by atoms with Gasteiger partial charge in [-0.3, -0.25) is 4.79 Å². The number of likely N-dealkylation sites (tertiary alicyclic amines) is 1. The number of methoxy groups -OCH3 is 4. The minimum atomic E-state index is -0.0547. The van der Waals surface area contributed by atoms with Crippen LogP contribution in [-0.2, 0) is 6.42 Å². The molecule has 1 saturated heterocycles. The van der Waals surface area contributed by atoms with Crippen LogP contribution in [0.3, 0.4) is 0 Å². The van der Waals surface area contributed by atoms with Crippen molar-refractivity contribution in [1.82, 2.24) is 14.9 Å². The molecule has 1 N–H and O–H groups in total. The summed E-state index contributed by atoms with van der Waals surface area (Å²) in [5.74, 6) is 2.64. The first-order chi connectivity index (χ1) is 19.5. The molecule has 1 aliphatic heterocycles. The summed E-state index contributed by atoms with van der Waals surface area (Å²) >= 11 is 0. The summed E-state index contributed by atoms with van der Waals surface area (Å²) in [6.07, 6.45) is 4.27. The van der Waals surface area contributed by atoms with Gasteiger partial charge in [0.25, 0.3) is 5.91 Å². The van der Waals surface area contributed by atoms with Crippen LogP contribution < -0.4 is 23.8 Å². The number of anilines is 1. The zero-order valence-corrected chi connectivity index (χ0v) is 23.5. The number of benzene rings is 3. The Hall–Kier alpha value is -4.24. The Kier molecular flexibility index (Phi) is 8.40. The summed E-state index contributed by atoms with van der Waals surface area (Å²) in [6, 6.07) is 17.4. The normalized spacial score (nSPS) is 14.2. The van der Waals surface area contributed by atoms with Crippen molar-refractivity contribution in [2.45, 2.75) is 25.3 Å². The van der Waals surface area contributed by atoms with E-state index in [-0.39, 0.29) is 11.9 Å². The maximum absolute atomic E-state index is 14.0. The summed E-state index contributed by atoms with van der Waals surface area (Å²) < 4.78 is 21.8. The number of nitrogens with one attached hydrogen (secondary N) is 1. The van der Waals surface area contributed by atoms with Crippen LogP contribution in [0.15, 0.2) is 60.9 Å². The molecule has 0 unspecified atom stereocenters. The third-order valence-electron chi connectivity index (χ3n) is 7.62. The molecule has 9 nitrogen and oxygen atoms in total. The van der Waals surface area contributed by atoms with E-state index in [1.807, 2.05) is 53.4 Å². The van der Waals surface area contributed by atoms with Crippen LogP contribution in [0.4, 0.5) is 5.69 Å². The van der Waals surface area contributed by atoms with Crippen LogP contribution in [0.2, 0.25) is 0 Å². The second kappa shape index (κ2) is 12.3. The summed E-state index contributed by atoms with van der Waals surface area (Å²) in [7, 11) is 6.52. The van der Waals surface area contributed by atoms with Crippen LogP contribution in [0.5, 0.6) is 23.0 Å². The van der Waals surface area contributed by atoms with Crippen molar-refractivity contribution in [3.63, 3.8) is 0 Å². The molecule has 1 aliphatic rings. The van der Waals surface area contributed by atoms with Gasteiger partial charge in [0, 0.05) is 43.0 Å². The fraction of sp³-hybridized carbons (Fsp3) is 0.355. The number of H-pyrrole nitrogens is 1. The Morgan fingerprint density at radius 1 is 0.875 bits per heavy atom. The molecule has 2 heterocycles. The lowest BCUT2D eigenvalue weighted by molar-refractivity contribution is 0.0960. The number of aromatic nitrogens is 2. The first-order valence-electron chi connectivity index (χ1n) is 13.5. The molecule has 0 bridgehead atoms. The lowest BCUT2D eigenvalue weighted by Gasteiger charge is -2.39. The molecule has 0 atom stereocenters. The number of rotatable bonds is 10. The van der Waals surface area contributed by atoms with Crippen molar-refractivity contribution < 1.29 is 23.7 Å². The molecular weight excluding hydrogens is 508 g/mol. The SMILES string of the molecule is COc1ccc(CCN2CCC(N(C(=O)c3ccc4[nH]cnc4c3)c3ccc(OC)c(OC)c3)CC2)cc1OC. The van der Waals surface area contributed by atoms with Gasteiger partial charge in [0.1, 0.15) is 0 Å². The number of hydrogen-bond donors (Lipinski definition) is 1. The Morgan fingerprint density at radius 2 is 1.55 bits per heavy atom. The van der Waals surface area contributed by atoms with Gasteiger partial charge < -0.3 is 33.7 Å². The number of nitrogens with zero attached hydrogens (tertiary/aromatic N) is 3. The third kappa shape index (κ3) is 5.70. The molecule has 40 heavy (non-hydrogen) atoms. The molecule has 210 valence electrons. The van der Waals surface area contributed by atoms with E-state index in [1.165, 1.54) is 5.56 Å². The number of ether oxygens (including phenoxy) is 4. The van der Waals surface area contributed by atoms with Gasteiger partial charge in [-0.25, -0.2) is 4.98 Å². The average molecular weight is 545 g/mol. The molecule has 0 aliphatic carbocycles. The molecule has 3 aromatic carbocycles. The van der Waals surface area contributed by atoms with Crippen molar-refractivity contribution >= 4 is 22.6 Å². The number of imidazole rings is 1. The highest BCUT2D eigenvalue weighted by atomic mass is 16.5. The van der Waals surface area contributed by atoms with Crippen LogP contribution in [-0.4, -0.2) is 74.9 Å². The van der Waals surface area contributed by atoms with Gasteiger partial charge in [0.2, 0.25) is 0 Å². The van der Waals surface area contributed by atoms with Gasteiger partial charge in [-0.05, 0) is 67.3 Å². The second-order valence-electron chi connectivity index (χ2n) is 9.86. The first-order valence-corrected chi connectivity index (χ1v) is 13.5. The van der Waals surface area contributed by atoms with E-state index in [4.69, 9.17) is 18.9 Å². The zero-order chi connectivity index (χ0) is 28.1. The van der Waals surface area contributed by atoms with Crippen molar-refractivity contribution in [2.75, 3.05) is 53.0 Å². The number of amides is 1. The van der Waals surface area contributed by atoms with Crippen molar-refractivity contribution in [1.29, 1.82) is 0 Å². The summed E-state index contributed by atoms with van der Waals surface area (Å²) in [4.78, 5) is 25.9. The predicted molar refractivity (Wildman–Crippen MR) is 155 cm³/mol. The number of aromatic amines is 1. The predicted octanol–water partition coefficient (Wildman–Crippen LogP) is 4.95. The molecule has 0 saturated carbocycles. The van der Waals surface area contributed by atoms with Crippen LogP contribution in [0.1, 0.15) is 28.8 Å². The summed E-state index contributed by atoms with van der Waals surface area (Å²) in [5.41, 5.74) is 4.26. The smallest absolute Gasteiger partial charge is 0.258 e. The largest absolute Gasteiger partial charge is 0.493 e. The maximum atomic E-state index is 14.0.